The van der Waals surface area contributed by atoms with E-state index in [4.69, 9.17) is 11.6 Å². The highest BCUT2D eigenvalue weighted by Gasteiger charge is 2.11. The molecule has 0 bridgehead atoms. The first-order chi connectivity index (χ1) is 5.66. The molecule has 1 heterocycles. The van der Waals surface area contributed by atoms with Crippen LogP contribution >= 0.6 is 11.6 Å². The summed E-state index contributed by atoms with van der Waals surface area (Å²) in [5.41, 5.74) is 1.10. The zero-order valence-corrected chi connectivity index (χ0v) is 7.67. The fourth-order valence-corrected chi connectivity index (χ4v) is 1.14. The maximum absolute atomic E-state index is 10.6. The third-order valence-corrected chi connectivity index (χ3v) is 1.83. The predicted molar refractivity (Wildman–Crippen MR) is 46.5 cm³/mol. The van der Waals surface area contributed by atoms with Crippen LogP contribution in [0.15, 0.2) is 6.33 Å². The van der Waals surface area contributed by atoms with E-state index in [0.29, 0.717) is 17.5 Å². The van der Waals surface area contributed by atoms with E-state index in [1.807, 2.05) is 13.8 Å². The summed E-state index contributed by atoms with van der Waals surface area (Å²) in [7, 11) is 0. The first-order valence-electron chi connectivity index (χ1n) is 3.62. The van der Waals surface area contributed by atoms with Crippen molar-refractivity contribution in [3.8, 4) is 0 Å². The topological polar surface area (TPSA) is 42.9 Å². The summed E-state index contributed by atoms with van der Waals surface area (Å²) in [6.07, 6.45) is 2.06. The number of aldehydes is 1. The molecule has 12 heavy (non-hydrogen) atoms. The quantitative estimate of drug-likeness (QED) is 0.522. The zero-order chi connectivity index (χ0) is 9.14. The molecule has 0 saturated heterocycles. The van der Waals surface area contributed by atoms with Crippen LogP contribution in [-0.4, -0.2) is 16.3 Å². The third-order valence-electron chi connectivity index (χ3n) is 1.53. The molecule has 0 radical (unpaired) electrons. The molecule has 64 valence electrons. The number of nitrogens with zero attached hydrogens (tertiary/aromatic N) is 2. The fraction of sp³-hybridized carbons (Fsp3) is 0.375. The van der Waals surface area contributed by atoms with Crippen LogP contribution in [0.5, 0.6) is 0 Å². The van der Waals surface area contributed by atoms with Crippen molar-refractivity contribution in [2.24, 2.45) is 0 Å². The van der Waals surface area contributed by atoms with Crippen molar-refractivity contribution in [1.82, 2.24) is 9.97 Å². The van der Waals surface area contributed by atoms with Crippen molar-refractivity contribution in [3.05, 3.63) is 22.7 Å². The van der Waals surface area contributed by atoms with Crippen LogP contribution in [0.25, 0.3) is 0 Å². The lowest BCUT2D eigenvalue weighted by atomic mass is 10.1. The molecular formula is C8H9ClN2O. The Kier molecular flexibility index (Phi) is 2.76. The molecule has 0 saturated carbocycles. The molecule has 1 aromatic rings. The maximum Gasteiger partial charge on any atom is 0.155 e. The van der Waals surface area contributed by atoms with Gasteiger partial charge in [-0.1, -0.05) is 25.4 Å². The van der Waals surface area contributed by atoms with E-state index < -0.39 is 0 Å². The third kappa shape index (κ3) is 1.61. The van der Waals surface area contributed by atoms with Gasteiger partial charge < -0.3 is 0 Å². The summed E-state index contributed by atoms with van der Waals surface area (Å²) in [6, 6.07) is 0. The Labute approximate surface area is 75.8 Å². The second-order valence-electron chi connectivity index (χ2n) is 2.74. The molecule has 0 N–H and O–H groups in total. The lowest BCUT2D eigenvalue weighted by Gasteiger charge is -2.06. The zero-order valence-electron chi connectivity index (χ0n) is 6.91. The number of aromatic nitrogens is 2. The van der Waals surface area contributed by atoms with Gasteiger partial charge in [-0.05, 0) is 5.92 Å². The average Bonchev–Trinajstić information content (AvgIpc) is 2.03. The van der Waals surface area contributed by atoms with Crippen LogP contribution in [0.1, 0.15) is 35.8 Å². The average molecular weight is 185 g/mol. The largest absolute Gasteiger partial charge is 0.298 e. The normalized spacial score (nSPS) is 10.3. The minimum atomic E-state index is 0.186. The molecule has 0 aliphatic rings. The van der Waals surface area contributed by atoms with Crippen molar-refractivity contribution < 1.29 is 4.79 Å². The van der Waals surface area contributed by atoms with E-state index in [-0.39, 0.29) is 11.1 Å². The molecule has 0 atom stereocenters. The van der Waals surface area contributed by atoms with Gasteiger partial charge in [-0.25, -0.2) is 9.97 Å². The number of carbonyl (C=O) groups is 1. The Hall–Kier alpha value is -0.960. The van der Waals surface area contributed by atoms with Crippen molar-refractivity contribution in [2.75, 3.05) is 0 Å². The molecule has 0 amide bonds. The maximum atomic E-state index is 10.6. The molecule has 0 aliphatic carbocycles. The van der Waals surface area contributed by atoms with Crippen molar-refractivity contribution in [1.29, 1.82) is 0 Å². The van der Waals surface area contributed by atoms with Crippen LogP contribution < -0.4 is 0 Å². The molecule has 0 fully saturated rings. The first-order valence-corrected chi connectivity index (χ1v) is 4.00. The fourth-order valence-electron chi connectivity index (χ4n) is 0.956. The highest BCUT2D eigenvalue weighted by atomic mass is 35.5. The highest BCUT2D eigenvalue weighted by molar-refractivity contribution is 6.31. The van der Waals surface area contributed by atoms with Gasteiger partial charge in [0, 0.05) is 0 Å². The van der Waals surface area contributed by atoms with Crippen LogP contribution in [0.2, 0.25) is 5.15 Å². The number of rotatable bonds is 2. The number of hydrogen-bond acceptors (Lipinski definition) is 3. The van der Waals surface area contributed by atoms with Crippen LogP contribution in [0.3, 0.4) is 0 Å². The van der Waals surface area contributed by atoms with E-state index in [1.165, 1.54) is 6.33 Å². The molecule has 0 aliphatic heterocycles. The van der Waals surface area contributed by atoms with Gasteiger partial charge in [0.25, 0.3) is 0 Å². The smallest absolute Gasteiger partial charge is 0.155 e. The van der Waals surface area contributed by atoms with E-state index in [0.717, 1.165) is 0 Å². The van der Waals surface area contributed by atoms with Crippen molar-refractivity contribution >= 4 is 17.9 Å². The molecule has 3 nitrogen and oxygen atoms in total. The first kappa shape index (κ1) is 9.13. The summed E-state index contributed by atoms with van der Waals surface area (Å²) in [4.78, 5) is 18.3. The predicted octanol–water partition coefficient (Wildman–Crippen LogP) is 2.07. The van der Waals surface area contributed by atoms with E-state index in [1.54, 1.807) is 0 Å². The molecule has 4 heteroatoms. The molecule has 0 spiro atoms. The Morgan fingerprint density at radius 1 is 1.50 bits per heavy atom. The summed E-state index contributed by atoms with van der Waals surface area (Å²) in [5.74, 6) is 0.186. The van der Waals surface area contributed by atoms with Crippen molar-refractivity contribution in [2.45, 2.75) is 19.8 Å². The summed E-state index contributed by atoms with van der Waals surface area (Å²) >= 11 is 5.69. The monoisotopic (exact) mass is 184 g/mol. The van der Waals surface area contributed by atoms with E-state index in [9.17, 15) is 4.79 Å². The summed E-state index contributed by atoms with van der Waals surface area (Å²) in [6.45, 7) is 3.90. The molecule has 1 aromatic heterocycles. The van der Waals surface area contributed by atoms with Crippen LogP contribution in [0.4, 0.5) is 0 Å². The Morgan fingerprint density at radius 2 is 2.17 bits per heavy atom. The molecule has 1 rings (SSSR count). The standard InChI is InChI=1S/C8H9ClN2O/c1-5(2)7-6(3-12)8(9)11-4-10-7/h3-5H,1-2H3. The minimum Gasteiger partial charge on any atom is -0.298 e. The summed E-state index contributed by atoms with van der Waals surface area (Å²) < 4.78 is 0. The lowest BCUT2D eigenvalue weighted by Crippen LogP contribution is -2.01. The van der Waals surface area contributed by atoms with Gasteiger partial charge >= 0.3 is 0 Å². The van der Waals surface area contributed by atoms with Crippen molar-refractivity contribution in [3.63, 3.8) is 0 Å². The van der Waals surface area contributed by atoms with Gasteiger partial charge in [-0.15, -0.1) is 0 Å². The Bertz CT molecular complexity index is 299. The SMILES string of the molecule is CC(C)c1ncnc(Cl)c1C=O. The lowest BCUT2D eigenvalue weighted by molar-refractivity contribution is 0.112. The van der Waals surface area contributed by atoms with Gasteiger partial charge in [0.05, 0.1) is 11.3 Å². The van der Waals surface area contributed by atoms with Crippen LogP contribution in [0, 0.1) is 0 Å². The number of carbonyl (C=O) groups excluding carboxylic acids is 1. The van der Waals surface area contributed by atoms with E-state index >= 15 is 0 Å². The molecular weight excluding hydrogens is 176 g/mol. The van der Waals surface area contributed by atoms with Gasteiger partial charge in [0.1, 0.15) is 11.5 Å². The minimum absolute atomic E-state index is 0.186. The van der Waals surface area contributed by atoms with Crippen LogP contribution in [-0.2, 0) is 0 Å². The van der Waals surface area contributed by atoms with Gasteiger partial charge in [-0.2, -0.15) is 0 Å². The van der Waals surface area contributed by atoms with Gasteiger partial charge in [0.2, 0.25) is 0 Å². The summed E-state index contributed by atoms with van der Waals surface area (Å²) in [5, 5.41) is 0.226. The van der Waals surface area contributed by atoms with Gasteiger partial charge in [0.15, 0.2) is 6.29 Å². The number of hydrogen-bond donors (Lipinski definition) is 0. The number of halogens is 1. The van der Waals surface area contributed by atoms with Gasteiger partial charge in [-0.3, -0.25) is 4.79 Å². The Morgan fingerprint density at radius 3 is 2.58 bits per heavy atom. The highest BCUT2D eigenvalue weighted by Crippen LogP contribution is 2.19. The second-order valence-corrected chi connectivity index (χ2v) is 3.09. The Balaban J connectivity index is 3.27. The van der Waals surface area contributed by atoms with E-state index in [2.05, 4.69) is 9.97 Å². The molecule has 0 aromatic carbocycles. The second kappa shape index (κ2) is 3.63. The molecule has 0 unspecified atom stereocenters.